The maximum Gasteiger partial charge on any atom is 0.306 e. The van der Waals surface area contributed by atoms with Crippen molar-refractivity contribution in [2.75, 3.05) is 13.2 Å². The number of hydrogen-bond donors (Lipinski definition) is 0. The Hall–Kier alpha value is -1.59. The first kappa shape index (κ1) is 48.4. The van der Waals surface area contributed by atoms with E-state index in [1.807, 2.05) is 0 Å². The number of carbonyl (C=O) groups is 3. The summed E-state index contributed by atoms with van der Waals surface area (Å²) in [7, 11) is 0. The van der Waals surface area contributed by atoms with Gasteiger partial charge in [0.15, 0.2) is 6.10 Å². The molecule has 0 radical (unpaired) electrons. The van der Waals surface area contributed by atoms with Crippen LogP contribution in [0.3, 0.4) is 0 Å². The first-order chi connectivity index (χ1) is 24.4. The van der Waals surface area contributed by atoms with Crippen LogP contribution in [0, 0.1) is 5.92 Å². The van der Waals surface area contributed by atoms with Crippen LogP contribution in [0.1, 0.15) is 240 Å². The van der Waals surface area contributed by atoms with E-state index in [0.29, 0.717) is 19.3 Å². The van der Waals surface area contributed by atoms with Gasteiger partial charge in [0.05, 0.1) is 0 Å². The Balaban J connectivity index is 4.28. The number of ether oxygens (including phenoxy) is 3. The fourth-order valence-electron chi connectivity index (χ4n) is 6.45. The Labute approximate surface area is 310 Å². The van der Waals surface area contributed by atoms with E-state index in [2.05, 4.69) is 27.7 Å². The highest BCUT2D eigenvalue weighted by atomic mass is 16.6. The lowest BCUT2D eigenvalue weighted by Gasteiger charge is -2.18. The van der Waals surface area contributed by atoms with E-state index < -0.39 is 6.10 Å². The van der Waals surface area contributed by atoms with Crippen molar-refractivity contribution in [3.05, 3.63) is 0 Å². The standard InChI is InChI=1S/C44H84O6/c1-5-7-9-11-13-14-15-16-17-20-24-28-32-36-43(46)49-39-41(38-48-42(45)35-31-27-22-12-10-8-6-2)50-44(47)37-33-29-25-21-18-19-23-26-30-34-40(3)4/h40-41H,5-39H2,1-4H3/t41-/m0/s1. The molecule has 0 aromatic carbocycles. The minimum Gasteiger partial charge on any atom is -0.462 e. The lowest BCUT2D eigenvalue weighted by molar-refractivity contribution is -0.167. The van der Waals surface area contributed by atoms with E-state index in [9.17, 15) is 14.4 Å². The molecule has 296 valence electrons. The molecule has 0 aliphatic heterocycles. The highest BCUT2D eigenvalue weighted by Crippen LogP contribution is 2.16. The van der Waals surface area contributed by atoms with Gasteiger partial charge >= 0.3 is 17.9 Å². The fourth-order valence-corrected chi connectivity index (χ4v) is 6.45. The Morgan fingerprint density at radius 2 is 0.660 bits per heavy atom. The van der Waals surface area contributed by atoms with E-state index in [4.69, 9.17) is 14.2 Å². The van der Waals surface area contributed by atoms with E-state index >= 15 is 0 Å². The van der Waals surface area contributed by atoms with Crippen LogP contribution >= 0.6 is 0 Å². The third-order valence-electron chi connectivity index (χ3n) is 9.79. The zero-order valence-corrected chi connectivity index (χ0v) is 33.9. The molecule has 0 saturated carbocycles. The molecule has 0 aliphatic rings. The largest absolute Gasteiger partial charge is 0.462 e. The van der Waals surface area contributed by atoms with Crippen LogP contribution in [0.15, 0.2) is 0 Å². The Bertz CT molecular complexity index is 751. The fraction of sp³-hybridized carbons (Fsp3) is 0.932. The average Bonchev–Trinajstić information content (AvgIpc) is 3.09. The van der Waals surface area contributed by atoms with Gasteiger partial charge in [0.25, 0.3) is 0 Å². The molecule has 6 nitrogen and oxygen atoms in total. The minimum absolute atomic E-state index is 0.0646. The van der Waals surface area contributed by atoms with Gasteiger partial charge in [0.2, 0.25) is 0 Å². The molecule has 0 fully saturated rings. The first-order valence-corrected chi connectivity index (χ1v) is 21.9. The second-order valence-corrected chi connectivity index (χ2v) is 15.5. The van der Waals surface area contributed by atoms with E-state index in [1.165, 1.54) is 135 Å². The monoisotopic (exact) mass is 709 g/mol. The van der Waals surface area contributed by atoms with Crippen LogP contribution in [0.25, 0.3) is 0 Å². The number of rotatable bonds is 39. The number of esters is 3. The molecule has 50 heavy (non-hydrogen) atoms. The molecule has 0 spiro atoms. The summed E-state index contributed by atoms with van der Waals surface area (Å²) >= 11 is 0. The molecule has 0 aliphatic carbocycles. The summed E-state index contributed by atoms with van der Waals surface area (Å²) in [6.45, 7) is 8.93. The van der Waals surface area contributed by atoms with Gasteiger partial charge in [-0.15, -0.1) is 0 Å². The molecule has 0 saturated heterocycles. The van der Waals surface area contributed by atoms with Gasteiger partial charge in [-0.05, 0) is 25.2 Å². The number of unbranched alkanes of at least 4 members (excludes halogenated alkanes) is 26. The number of carbonyl (C=O) groups excluding carboxylic acids is 3. The topological polar surface area (TPSA) is 78.9 Å². The average molecular weight is 709 g/mol. The molecule has 0 N–H and O–H groups in total. The van der Waals surface area contributed by atoms with Crippen LogP contribution in [0.5, 0.6) is 0 Å². The molecular formula is C44H84O6. The maximum absolute atomic E-state index is 12.7. The summed E-state index contributed by atoms with van der Waals surface area (Å²) in [5, 5.41) is 0. The van der Waals surface area contributed by atoms with E-state index in [0.717, 1.165) is 63.7 Å². The Kier molecular flexibility index (Phi) is 37.4. The van der Waals surface area contributed by atoms with Crippen molar-refractivity contribution in [2.24, 2.45) is 5.92 Å². The Morgan fingerprint density at radius 3 is 0.980 bits per heavy atom. The van der Waals surface area contributed by atoms with Crippen molar-refractivity contribution in [1.29, 1.82) is 0 Å². The lowest BCUT2D eigenvalue weighted by Crippen LogP contribution is -2.30. The van der Waals surface area contributed by atoms with Crippen molar-refractivity contribution in [1.82, 2.24) is 0 Å². The zero-order valence-electron chi connectivity index (χ0n) is 33.9. The molecule has 0 unspecified atom stereocenters. The van der Waals surface area contributed by atoms with Gasteiger partial charge in [-0.3, -0.25) is 14.4 Å². The summed E-state index contributed by atoms with van der Waals surface area (Å²) in [6, 6.07) is 0. The van der Waals surface area contributed by atoms with Crippen molar-refractivity contribution < 1.29 is 28.6 Å². The summed E-state index contributed by atoms with van der Waals surface area (Å²) in [6.07, 6.45) is 36.7. The van der Waals surface area contributed by atoms with Gasteiger partial charge in [0, 0.05) is 19.3 Å². The lowest BCUT2D eigenvalue weighted by atomic mass is 10.0. The highest BCUT2D eigenvalue weighted by molar-refractivity contribution is 5.71. The summed E-state index contributed by atoms with van der Waals surface area (Å²) in [5.41, 5.74) is 0. The van der Waals surface area contributed by atoms with Crippen molar-refractivity contribution in [3.8, 4) is 0 Å². The molecule has 6 heteroatoms. The molecule has 0 aromatic rings. The summed E-state index contributed by atoms with van der Waals surface area (Å²) in [4.78, 5) is 37.5. The Morgan fingerprint density at radius 1 is 0.380 bits per heavy atom. The highest BCUT2D eigenvalue weighted by Gasteiger charge is 2.19. The molecule has 1 atom stereocenters. The molecule has 0 heterocycles. The van der Waals surface area contributed by atoms with Crippen LogP contribution in [0.2, 0.25) is 0 Å². The normalized spacial score (nSPS) is 11.9. The van der Waals surface area contributed by atoms with Gasteiger partial charge in [-0.2, -0.15) is 0 Å². The van der Waals surface area contributed by atoms with E-state index in [-0.39, 0.29) is 31.1 Å². The molecular weight excluding hydrogens is 624 g/mol. The quantitative estimate of drug-likeness (QED) is 0.0359. The van der Waals surface area contributed by atoms with Gasteiger partial charge in [-0.1, -0.05) is 201 Å². The second-order valence-electron chi connectivity index (χ2n) is 15.5. The zero-order chi connectivity index (χ0) is 36.8. The molecule has 0 rings (SSSR count). The molecule has 0 bridgehead atoms. The second kappa shape index (κ2) is 38.6. The van der Waals surface area contributed by atoms with Gasteiger partial charge < -0.3 is 14.2 Å². The first-order valence-electron chi connectivity index (χ1n) is 21.9. The van der Waals surface area contributed by atoms with Crippen molar-refractivity contribution in [2.45, 2.75) is 246 Å². The predicted octanol–water partition coefficient (Wildman–Crippen LogP) is 13.6. The predicted molar refractivity (Wildman–Crippen MR) is 210 cm³/mol. The third-order valence-corrected chi connectivity index (χ3v) is 9.79. The molecule has 0 amide bonds. The van der Waals surface area contributed by atoms with Crippen molar-refractivity contribution >= 4 is 17.9 Å². The summed E-state index contributed by atoms with van der Waals surface area (Å²) in [5.74, 6) is -0.0578. The maximum atomic E-state index is 12.7. The van der Waals surface area contributed by atoms with Crippen LogP contribution in [0.4, 0.5) is 0 Å². The van der Waals surface area contributed by atoms with Crippen LogP contribution < -0.4 is 0 Å². The SMILES string of the molecule is CCCCCCCCCCCCCCCC(=O)OC[C@H](COC(=O)CCCCCCCCC)OC(=O)CCCCCCCCCCCC(C)C. The van der Waals surface area contributed by atoms with Crippen LogP contribution in [-0.2, 0) is 28.6 Å². The summed E-state index contributed by atoms with van der Waals surface area (Å²) < 4.78 is 16.6. The van der Waals surface area contributed by atoms with Crippen molar-refractivity contribution in [3.63, 3.8) is 0 Å². The number of hydrogen-bond acceptors (Lipinski definition) is 6. The van der Waals surface area contributed by atoms with E-state index in [1.54, 1.807) is 0 Å². The molecule has 0 aromatic heterocycles. The smallest absolute Gasteiger partial charge is 0.306 e. The minimum atomic E-state index is -0.758. The third kappa shape index (κ3) is 37.7. The van der Waals surface area contributed by atoms with Gasteiger partial charge in [0.1, 0.15) is 13.2 Å². The van der Waals surface area contributed by atoms with Gasteiger partial charge in [-0.25, -0.2) is 0 Å². The van der Waals surface area contributed by atoms with Crippen LogP contribution in [-0.4, -0.2) is 37.2 Å².